The van der Waals surface area contributed by atoms with Crippen molar-refractivity contribution in [1.29, 1.82) is 0 Å². The average Bonchev–Trinajstić information content (AvgIpc) is 3.36. The standard InChI is InChI=1S/C27H28ClN5S/c28-22-14-29-16-27-21(22)12-13-33(19-4-3-5-19)15-24(27)30-31-26(27)18-10-8-17(9-11-18)25-20-6-1-2-7-23(20)34-32-25/h1-2,6-7,12,14,16-19H,3-5,8-11,13,15H2/t17-,18-,27?. The van der Waals surface area contributed by atoms with Crippen LogP contribution in [0.4, 0.5) is 0 Å². The third-order valence-electron chi connectivity index (χ3n) is 8.66. The number of aromatic nitrogens is 1. The second kappa shape index (κ2) is 8.21. The van der Waals surface area contributed by atoms with Gasteiger partial charge in [-0.1, -0.05) is 42.3 Å². The van der Waals surface area contributed by atoms with Crippen molar-refractivity contribution in [3.8, 4) is 0 Å². The molecule has 0 saturated heterocycles. The zero-order valence-corrected chi connectivity index (χ0v) is 20.7. The molecule has 7 heteroatoms. The van der Waals surface area contributed by atoms with E-state index in [9.17, 15) is 0 Å². The number of allylic oxidation sites excluding steroid dienone is 2. The average molecular weight is 490 g/mol. The normalized spacial score (nSPS) is 31.7. The van der Waals surface area contributed by atoms with Crippen LogP contribution in [-0.4, -0.2) is 46.0 Å². The SMILES string of the molecule is ClC1=CN=CC23C1=CCN(C1CCC1)CC2=NN=C3[C@H]1CC[C@H](c2nsc3ccccc32)CC1. The lowest BCUT2D eigenvalue weighted by atomic mass is 9.65. The molecule has 4 heterocycles. The van der Waals surface area contributed by atoms with Crippen LogP contribution in [0.15, 0.2) is 62.3 Å². The number of aliphatic imine (C=N–C) groups is 1. The maximum Gasteiger partial charge on any atom is 0.113 e. The van der Waals surface area contributed by atoms with Crippen LogP contribution in [0, 0.1) is 11.3 Å². The van der Waals surface area contributed by atoms with Crippen LogP contribution in [0.3, 0.4) is 0 Å². The predicted molar refractivity (Wildman–Crippen MR) is 141 cm³/mol. The summed E-state index contributed by atoms with van der Waals surface area (Å²) < 4.78 is 6.15. The van der Waals surface area contributed by atoms with Gasteiger partial charge >= 0.3 is 0 Å². The third kappa shape index (κ3) is 3.15. The summed E-state index contributed by atoms with van der Waals surface area (Å²) in [5.74, 6) is 0.920. The molecule has 0 radical (unpaired) electrons. The highest BCUT2D eigenvalue weighted by molar-refractivity contribution is 7.13. The summed E-state index contributed by atoms with van der Waals surface area (Å²) in [5.41, 5.74) is 4.27. The van der Waals surface area contributed by atoms with E-state index in [1.165, 1.54) is 40.8 Å². The summed E-state index contributed by atoms with van der Waals surface area (Å²) in [7, 11) is 0. The van der Waals surface area contributed by atoms with Crippen LogP contribution < -0.4 is 0 Å². The molecule has 0 amide bonds. The van der Waals surface area contributed by atoms with Crippen LogP contribution in [0.5, 0.6) is 0 Å². The molecule has 2 saturated carbocycles. The van der Waals surface area contributed by atoms with E-state index in [4.69, 9.17) is 26.2 Å². The monoisotopic (exact) mass is 489 g/mol. The van der Waals surface area contributed by atoms with Gasteiger partial charge in [0, 0.05) is 48.8 Å². The van der Waals surface area contributed by atoms with E-state index in [1.54, 1.807) is 17.7 Å². The minimum atomic E-state index is -0.449. The van der Waals surface area contributed by atoms with E-state index in [1.807, 2.05) is 0 Å². The van der Waals surface area contributed by atoms with Crippen LogP contribution in [-0.2, 0) is 0 Å². The summed E-state index contributed by atoms with van der Waals surface area (Å²) >= 11 is 8.42. The van der Waals surface area contributed by atoms with Crippen molar-refractivity contribution >= 4 is 50.9 Å². The highest BCUT2D eigenvalue weighted by Crippen LogP contribution is 2.49. The first-order valence-corrected chi connectivity index (χ1v) is 13.7. The van der Waals surface area contributed by atoms with E-state index in [0.29, 0.717) is 17.9 Å². The van der Waals surface area contributed by atoms with Crippen molar-refractivity contribution in [1.82, 2.24) is 9.27 Å². The molecule has 2 aliphatic carbocycles. The maximum atomic E-state index is 6.79. The number of hydrogen-bond acceptors (Lipinski definition) is 6. The number of nitrogens with zero attached hydrogens (tertiary/aromatic N) is 5. The lowest BCUT2D eigenvalue weighted by Crippen LogP contribution is -2.49. The van der Waals surface area contributed by atoms with Gasteiger partial charge in [-0.2, -0.15) is 14.6 Å². The Labute approximate surface area is 209 Å². The van der Waals surface area contributed by atoms with E-state index in [-0.39, 0.29) is 0 Å². The van der Waals surface area contributed by atoms with E-state index in [2.05, 4.69) is 46.4 Å². The first kappa shape index (κ1) is 21.2. The Morgan fingerprint density at radius 1 is 1.00 bits per heavy atom. The topological polar surface area (TPSA) is 53.2 Å². The van der Waals surface area contributed by atoms with Gasteiger partial charge in [0.2, 0.25) is 0 Å². The third-order valence-corrected chi connectivity index (χ3v) is 9.80. The first-order chi connectivity index (χ1) is 16.7. The molecular formula is C27H28ClN5S. The van der Waals surface area contributed by atoms with Crippen molar-refractivity contribution in [3.63, 3.8) is 0 Å². The van der Waals surface area contributed by atoms with Gasteiger partial charge in [-0.05, 0) is 61.7 Å². The molecular weight excluding hydrogens is 462 g/mol. The lowest BCUT2D eigenvalue weighted by Gasteiger charge is -2.39. The van der Waals surface area contributed by atoms with E-state index < -0.39 is 5.41 Å². The van der Waals surface area contributed by atoms with Crippen LogP contribution >= 0.6 is 23.1 Å². The summed E-state index contributed by atoms with van der Waals surface area (Å²) in [4.78, 5) is 7.17. The molecule has 1 atom stereocenters. The summed E-state index contributed by atoms with van der Waals surface area (Å²) in [6.45, 7) is 1.78. The molecule has 7 rings (SSSR count). The zero-order valence-electron chi connectivity index (χ0n) is 19.2. The predicted octanol–water partition coefficient (Wildman–Crippen LogP) is 6.33. The number of rotatable bonds is 3. The second-order valence-corrected chi connectivity index (χ2v) is 11.6. The van der Waals surface area contributed by atoms with Gasteiger partial charge in [-0.3, -0.25) is 9.89 Å². The smallest absolute Gasteiger partial charge is 0.113 e. The number of benzene rings is 1. The molecule has 0 bridgehead atoms. The largest absolute Gasteiger partial charge is 0.291 e. The number of fused-ring (bicyclic) bond motifs is 1. The van der Waals surface area contributed by atoms with Gasteiger partial charge in [-0.15, -0.1) is 0 Å². The Morgan fingerprint density at radius 2 is 1.82 bits per heavy atom. The molecule has 2 fully saturated rings. The molecule has 1 aromatic heterocycles. The molecule has 0 N–H and O–H groups in total. The van der Waals surface area contributed by atoms with Crippen molar-refractivity contribution in [2.45, 2.75) is 56.9 Å². The number of halogens is 1. The van der Waals surface area contributed by atoms with Crippen molar-refractivity contribution < 1.29 is 0 Å². The summed E-state index contributed by atoms with van der Waals surface area (Å²) in [5, 5.41) is 11.8. The Morgan fingerprint density at radius 3 is 2.65 bits per heavy atom. The highest BCUT2D eigenvalue weighted by Gasteiger charge is 2.52. The first-order valence-electron chi connectivity index (χ1n) is 12.6. The van der Waals surface area contributed by atoms with E-state index >= 15 is 0 Å². The van der Waals surface area contributed by atoms with Crippen molar-refractivity contribution in [2.24, 2.45) is 26.5 Å². The molecule has 34 heavy (non-hydrogen) atoms. The van der Waals surface area contributed by atoms with Crippen LogP contribution in [0.1, 0.15) is 56.6 Å². The molecule has 3 aliphatic heterocycles. The van der Waals surface area contributed by atoms with Gasteiger partial charge < -0.3 is 0 Å². The highest BCUT2D eigenvalue weighted by atomic mass is 35.5. The summed E-state index contributed by atoms with van der Waals surface area (Å²) in [6, 6.07) is 9.29. The van der Waals surface area contributed by atoms with Gasteiger partial charge in [0.25, 0.3) is 0 Å². The lowest BCUT2D eigenvalue weighted by molar-refractivity contribution is 0.162. The van der Waals surface area contributed by atoms with Crippen molar-refractivity contribution in [2.75, 3.05) is 13.1 Å². The van der Waals surface area contributed by atoms with Gasteiger partial charge in [0.05, 0.1) is 26.8 Å². The Bertz CT molecular complexity index is 1290. The molecule has 5 nitrogen and oxygen atoms in total. The minimum absolute atomic E-state index is 0.398. The maximum absolute atomic E-state index is 6.79. The molecule has 5 aliphatic rings. The molecule has 1 spiro atoms. The number of hydrogen-bond donors (Lipinski definition) is 0. The molecule has 2 aromatic rings. The van der Waals surface area contributed by atoms with Gasteiger partial charge in [0.15, 0.2) is 0 Å². The fourth-order valence-electron chi connectivity index (χ4n) is 6.55. The zero-order chi connectivity index (χ0) is 22.7. The molecule has 1 unspecified atom stereocenters. The van der Waals surface area contributed by atoms with Gasteiger partial charge in [-0.25, -0.2) is 0 Å². The molecule has 174 valence electrons. The minimum Gasteiger partial charge on any atom is -0.291 e. The fraction of sp³-hybridized carbons (Fsp3) is 0.481. The van der Waals surface area contributed by atoms with E-state index in [0.717, 1.165) is 55.1 Å². The van der Waals surface area contributed by atoms with Crippen molar-refractivity contribution in [3.05, 3.63) is 52.8 Å². The Balaban J connectivity index is 1.16. The quantitative estimate of drug-likeness (QED) is 0.506. The Hall–Kier alpha value is -2.15. The fourth-order valence-corrected chi connectivity index (χ4v) is 7.69. The summed E-state index contributed by atoms with van der Waals surface area (Å²) in [6.07, 6.45) is 14.6. The van der Waals surface area contributed by atoms with Gasteiger partial charge in [0.1, 0.15) is 5.41 Å². The second-order valence-electron chi connectivity index (χ2n) is 10.3. The molecule has 1 aromatic carbocycles. The van der Waals surface area contributed by atoms with Crippen LogP contribution in [0.2, 0.25) is 0 Å². The Kier molecular flexibility index (Phi) is 5.11. The van der Waals surface area contributed by atoms with Crippen LogP contribution in [0.25, 0.3) is 10.1 Å².